The van der Waals surface area contributed by atoms with Crippen LogP contribution < -0.4 is 10.6 Å². The van der Waals surface area contributed by atoms with E-state index in [1.807, 2.05) is 45.0 Å². The third kappa shape index (κ3) is 4.51. The Morgan fingerprint density at radius 1 is 1.24 bits per heavy atom. The zero-order valence-corrected chi connectivity index (χ0v) is 19.4. The fraction of sp³-hybridized carbons (Fsp3) is 0.400. The highest BCUT2D eigenvalue weighted by Crippen LogP contribution is 2.37. The van der Waals surface area contributed by atoms with Crippen LogP contribution in [0.15, 0.2) is 58.3 Å². The number of carbonyl (C=O) groups is 3. The Hall–Kier alpha value is -3.55. The monoisotopic (exact) mass is 450 g/mol. The maximum Gasteiger partial charge on any atom is 0.322 e. The molecule has 2 N–H and O–H groups in total. The predicted octanol–water partition coefficient (Wildman–Crippen LogP) is 3.11. The molecule has 2 aliphatic rings. The Morgan fingerprint density at radius 2 is 2.03 bits per heavy atom. The third-order valence-corrected chi connectivity index (χ3v) is 6.15. The lowest BCUT2D eigenvalue weighted by Crippen LogP contribution is -2.49. The van der Waals surface area contributed by atoms with E-state index in [2.05, 4.69) is 10.6 Å². The van der Waals surface area contributed by atoms with Crippen LogP contribution in [-0.4, -0.2) is 47.3 Å². The van der Waals surface area contributed by atoms with E-state index in [0.29, 0.717) is 23.5 Å². The molecule has 2 aromatic rings. The van der Waals surface area contributed by atoms with E-state index in [1.165, 1.54) is 4.90 Å². The number of carbonyl (C=O) groups excluding carboxylic acids is 3. The molecule has 2 aliphatic heterocycles. The first kappa shape index (κ1) is 22.6. The smallest absolute Gasteiger partial charge is 0.322 e. The van der Waals surface area contributed by atoms with Crippen molar-refractivity contribution in [2.45, 2.75) is 45.8 Å². The summed E-state index contributed by atoms with van der Waals surface area (Å²) in [5.41, 5.74) is 3.06. The normalized spacial score (nSPS) is 19.1. The van der Waals surface area contributed by atoms with Crippen molar-refractivity contribution in [2.75, 3.05) is 13.6 Å². The molecule has 0 unspecified atom stereocenters. The van der Waals surface area contributed by atoms with Crippen molar-refractivity contribution in [3.8, 4) is 0 Å². The topological polar surface area (TPSA) is 94.9 Å². The zero-order valence-electron chi connectivity index (χ0n) is 19.4. The molecule has 0 saturated heterocycles. The molecule has 33 heavy (non-hydrogen) atoms. The van der Waals surface area contributed by atoms with Gasteiger partial charge in [-0.2, -0.15) is 0 Å². The summed E-state index contributed by atoms with van der Waals surface area (Å²) in [5, 5.41) is 5.85. The summed E-state index contributed by atoms with van der Waals surface area (Å²) in [7, 11) is 1.66. The number of urea groups is 1. The van der Waals surface area contributed by atoms with Crippen LogP contribution in [0.3, 0.4) is 0 Å². The second kappa shape index (κ2) is 9.13. The number of nitrogens with zero attached hydrogens (tertiary/aromatic N) is 2. The summed E-state index contributed by atoms with van der Waals surface area (Å²) in [6.45, 7) is 6.48. The lowest BCUT2D eigenvalue weighted by Gasteiger charge is -2.31. The first-order valence-electron chi connectivity index (χ1n) is 11.2. The maximum absolute atomic E-state index is 13.7. The Morgan fingerprint density at radius 3 is 2.70 bits per heavy atom. The summed E-state index contributed by atoms with van der Waals surface area (Å²) in [6.07, 6.45) is 2.07. The van der Waals surface area contributed by atoms with Crippen LogP contribution in [0.25, 0.3) is 0 Å². The molecule has 0 radical (unpaired) electrons. The van der Waals surface area contributed by atoms with Gasteiger partial charge in [-0.05, 0) is 37.0 Å². The van der Waals surface area contributed by atoms with E-state index < -0.39 is 12.1 Å². The van der Waals surface area contributed by atoms with Gasteiger partial charge in [0.25, 0.3) is 5.91 Å². The van der Waals surface area contributed by atoms with Gasteiger partial charge in [0.1, 0.15) is 11.8 Å². The van der Waals surface area contributed by atoms with Crippen LogP contribution >= 0.6 is 0 Å². The van der Waals surface area contributed by atoms with Gasteiger partial charge in [0.15, 0.2) is 0 Å². The fourth-order valence-electron chi connectivity index (χ4n) is 4.47. The van der Waals surface area contributed by atoms with E-state index in [-0.39, 0.29) is 36.9 Å². The fourth-order valence-corrected chi connectivity index (χ4v) is 4.47. The van der Waals surface area contributed by atoms with Crippen LogP contribution in [0.1, 0.15) is 43.2 Å². The zero-order chi connectivity index (χ0) is 23.7. The maximum atomic E-state index is 13.7. The molecule has 0 spiro atoms. The Labute approximate surface area is 193 Å². The molecule has 0 bridgehead atoms. The highest BCUT2D eigenvalue weighted by Gasteiger charge is 2.46. The molecule has 3 heterocycles. The van der Waals surface area contributed by atoms with Gasteiger partial charge >= 0.3 is 6.03 Å². The summed E-state index contributed by atoms with van der Waals surface area (Å²) >= 11 is 0. The molecule has 1 aromatic heterocycles. The summed E-state index contributed by atoms with van der Waals surface area (Å²) in [4.78, 5) is 42.7. The van der Waals surface area contributed by atoms with Crippen LogP contribution in [0, 0.1) is 12.8 Å². The third-order valence-electron chi connectivity index (χ3n) is 6.15. The predicted molar refractivity (Wildman–Crippen MR) is 123 cm³/mol. The number of nitrogens with one attached hydrogen (secondary N) is 2. The lowest BCUT2D eigenvalue weighted by molar-refractivity contribution is -0.137. The van der Waals surface area contributed by atoms with Crippen LogP contribution in [0.4, 0.5) is 4.79 Å². The molecule has 0 fully saturated rings. The Balaban J connectivity index is 1.62. The standard InChI is InChI=1S/C25H30N4O4/c1-15(2)11-19(23(30)26-13-18-9-6-10-33-18)29-14-20-21(24(29)31)22(27-25(32)28(20)4)17-8-5-7-16(3)12-17/h5-10,12,15,19,22H,11,13-14H2,1-4H3,(H,26,30)(H,27,32)/t19-,22+/m1/s1. The molecular formula is C25H30N4O4. The molecule has 4 rings (SSSR count). The van der Waals surface area contributed by atoms with Gasteiger partial charge in [-0.25, -0.2) is 4.79 Å². The minimum Gasteiger partial charge on any atom is -0.467 e. The number of rotatable bonds is 7. The summed E-state index contributed by atoms with van der Waals surface area (Å²) in [6, 6.07) is 9.85. The van der Waals surface area contributed by atoms with E-state index in [9.17, 15) is 14.4 Å². The first-order chi connectivity index (χ1) is 15.8. The van der Waals surface area contributed by atoms with Crippen LogP contribution in [-0.2, 0) is 16.1 Å². The average molecular weight is 451 g/mol. The van der Waals surface area contributed by atoms with E-state index in [0.717, 1.165) is 11.1 Å². The molecule has 4 amide bonds. The van der Waals surface area contributed by atoms with Gasteiger partial charge in [-0.15, -0.1) is 0 Å². The van der Waals surface area contributed by atoms with Gasteiger partial charge in [0.2, 0.25) is 5.91 Å². The van der Waals surface area contributed by atoms with Gasteiger partial charge < -0.3 is 20.0 Å². The van der Waals surface area contributed by atoms with Gasteiger partial charge in [-0.3, -0.25) is 14.5 Å². The van der Waals surface area contributed by atoms with Gasteiger partial charge in [0.05, 0.1) is 36.7 Å². The molecule has 0 aliphatic carbocycles. The van der Waals surface area contributed by atoms with E-state index >= 15 is 0 Å². The minimum atomic E-state index is -0.653. The molecule has 0 saturated carbocycles. The van der Waals surface area contributed by atoms with Crippen molar-refractivity contribution in [1.29, 1.82) is 0 Å². The largest absolute Gasteiger partial charge is 0.467 e. The van der Waals surface area contributed by atoms with E-state index in [4.69, 9.17) is 4.42 Å². The number of hydrogen-bond donors (Lipinski definition) is 2. The van der Waals surface area contributed by atoms with Gasteiger partial charge in [0, 0.05) is 7.05 Å². The second-order valence-corrected chi connectivity index (χ2v) is 9.09. The number of amides is 4. The van der Waals surface area contributed by atoms with Crippen molar-refractivity contribution in [1.82, 2.24) is 20.4 Å². The number of aryl methyl sites for hydroxylation is 1. The van der Waals surface area contributed by atoms with Crippen molar-refractivity contribution < 1.29 is 18.8 Å². The Kier molecular flexibility index (Phi) is 6.26. The van der Waals surface area contributed by atoms with Crippen LogP contribution in [0.5, 0.6) is 0 Å². The van der Waals surface area contributed by atoms with Crippen molar-refractivity contribution >= 4 is 17.8 Å². The molecule has 2 atom stereocenters. The average Bonchev–Trinajstić information content (AvgIpc) is 3.41. The number of benzene rings is 1. The lowest BCUT2D eigenvalue weighted by atomic mass is 9.94. The number of hydrogen-bond acceptors (Lipinski definition) is 4. The number of likely N-dealkylation sites (N-methyl/N-ethyl adjacent to an activating group) is 1. The van der Waals surface area contributed by atoms with Crippen molar-refractivity contribution in [3.63, 3.8) is 0 Å². The highest BCUT2D eigenvalue weighted by molar-refractivity contribution is 6.03. The van der Waals surface area contributed by atoms with Crippen LogP contribution in [0.2, 0.25) is 0 Å². The number of furan rings is 1. The quantitative estimate of drug-likeness (QED) is 0.678. The second-order valence-electron chi connectivity index (χ2n) is 9.09. The SMILES string of the molecule is Cc1cccc([C@@H]2NC(=O)N(C)C3=C2C(=O)N([C@H](CC(C)C)C(=O)NCc2ccco2)C3)c1. The molecule has 8 heteroatoms. The summed E-state index contributed by atoms with van der Waals surface area (Å²) < 4.78 is 5.31. The van der Waals surface area contributed by atoms with Gasteiger partial charge in [-0.1, -0.05) is 43.7 Å². The molecular weight excluding hydrogens is 420 g/mol. The van der Waals surface area contributed by atoms with E-state index in [1.54, 1.807) is 30.3 Å². The highest BCUT2D eigenvalue weighted by atomic mass is 16.3. The summed E-state index contributed by atoms with van der Waals surface area (Å²) in [5.74, 6) is 0.384. The molecule has 8 nitrogen and oxygen atoms in total. The van der Waals surface area contributed by atoms with Crippen molar-refractivity contribution in [3.05, 3.63) is 70.8 Å². The first-order valence-corrected chi connectivity index (χ1v) is 11.2. The Bertz CT molecular complexity index is 1090. The molecule has 174 valence electrons. The minimum absolute atomic E-state index is 0.194. The molecule has 1 aromatic carbocycles. The van der Waals surface area contributed by atoms with Crippen molar-refractivity contribution in [2.24, 2.45) is 5.92 Å².